The molecule has 0 aliphatic carbocycles. The Labute approximate surface area is 156 Å². The molecule has 0 fully saturated rings. The first kappa shape index (κ1) is 19.2. The Balaban J connectivity index is 1.78. The number of Topliss-reactive ketones (excluding diaryl/α,β-unsaturated/α-hetero) is 2. The van der Waals surface area contributed by atoms with Crippen molar-refractivity contribution in [1.82, 2.24) is 0 Å². The van der Waals surface area contributed by atoms with E-state index in [4.69, 9.17) is 4.74 Å². The van der Waals surface area contributed by atoms with Gasteiger partial charge in [0, 0.05) is 17.3 Å². The smallest absolute Gasteiger partial charge is 0.140 e. The molecule has 0 atom stereocenters. The highest BCUT2D eigenvalue weighted by atomic mass is 79.9. The maximum atomic E-state index is 12.0. The largest absolute Gasteiger partial charge is 0.508 e. The van der Waals surface area contributed by atoms with E-state index >= 15 is 0 Å². The normalized spacial score (nSPS) is 10.5. The molecule has 0 aliphatic rings. The van der Waals surface area contributed by atoms with Gasteiger partial charge in [-0.3, -0.25) is 9.59 Å². The Kier molecular flexibility index (Phi) is 7.19. The molecular weight excluding hydrogens is 384 g/mol. The SMILES string of the molecule is COc1ccc(O)cc1CCC(=O)CC(=O)CCc1ccc(Br)cc1. The Morgan fingerprint density at radius 3 is 2.28 bits per heavy atom. The van der Waals surface area contributed by atoms with Crippen molar-refractivity contribution in [1.29, 1.82) is 0 Å². The minimum absolute atomic E-state index is 0.0440. The molecule has 1 N–H and O–H groups in total. The van der Waals surface area contributed by atoms with Gasteiger partial charge in [-0.05, 0) is 54.3 Å². The fourth-order valence-corrected chi connectivity index (χ4v) is 2.83. The van der Waals surface area contributed by atoms with Gasteiger partial charge in [0.05, 0.1) is 13.5 Å². The number of aromatic hydroxyl groups is 1. The lowest BCUT2D eigenvalue weighted by molar-refractivity contribution is -0.126. The molecule has 4 nitrogen and oxygen atoms in total. The minimum Gasteiger partial charge on any atom is -0.508 e. The zero-order valence-electron chi connectivity index (χ0n) is 14.1. The van der Waals surface area contributed by atoms with Crippen molar-refractivity contribution in [2.24, 2.45) is 0 Å². The van der Waals surface area contributed by atoms with Crippen LogP contribution in [0.1, 0.15) is 30.4 Å². The van der Waals surface area contributed by atoms with Crippen LogP contribution in [0.3, 0.4) is 0 Å². The Bertz CT molecular complexity index is 738. The van der Waals surface area contributed by atoms with Crippen molar-refractivity contribution in [2.45, 2.75) is 32.1 Å². The predicted octanol–water partition coefficient (Wildman–Crippen LogP) is 4.26. The van der Waals surface area contributed by atoms with Gasteiger partial charge in [-0.15, -0.1) is 0 Å². The molecule has 0 saturated heterocycles. The van der Waals surface area contributed by atoms with Gasteiger partial charge in [-0.25, -0.2) is 0 Å². The number of benzene rings is 2. The number of aryl methyl sites for hydroxylation is 2. The number of phenolic OH excluding ortho intramolecular Hbond substituents is 1. The number of hydrogen-bond acceptors (Lipinski definition) is 4. The summed E-state index contributed by atoms with van der Waals surface area (Å²) in [6.45, 7) is 0. The van der Waals surface area contributed by atoms with Crippen LogP contribution in [-0.4, -0.2) is 23.8 Å². The summed E-state index contributed by atoms with van der Waals surface area (Å²) >= 11 is 3.37. The molecule has 0 amide bonds. The lowest BCUT2D eigenvalue weighted by Crippen LogP contribution is -2.09. The highest BCUT2D eigenvalue weighted by Gasteiger charge is 2.12. The molecule has 2 aromatic carbocycles. The minimum atomic E-state index is -0.0915. The molecule has 5 heteroatoms. The second-order valence-electron chi connectivity index (χ2n) is 5.88. The van der Waals surface area contributed by atoms with E-state index in [2.05, 4.69) is 15.9 Å². The third kappa shape index (κ3) is 6.35. The second kappa shape index (κ2) is 9.37. The van der Waals surface area contributed by atoms with E-state index in [0.717, 1.165) is 15.6 Å². The topological polar surface area (TPSA) is 63.6 Å². The monoisotopic (exact) mass is 404 g/mol. The predicted molar refractivity (Wildman–Crippen MR) is 100 cm³/mol. The summed E-state index contributed by atoms with van der Waals surface area (Å²) in [6.07, 6.45) is 1.65. The number of methoxy groups -OCH3 is 1. The molecular formula is C20H21BrO4. The van der Waals surface area contributed by atoms with E-state index in [0.29, 0.717) is 25.0 Å². The van der Waals surface area contributed by atoms with Gasteiger partial charge in [0.1, 0.15) is 23.1 Å². The molecule has 0 unspecified atom stereocenters. The van der Waals surface area contributed by atoms with Crippen LogP contribution in [0, 0.1) is 0 Å². The molecule has 0 heterocycles. The summed E-state index contributed by atoms with van der Waals surface area (Å²) in [6, 6.07) is 12.6. The maximum absolute atomic E-state index is 12.0. The van der Waals surface area contributed by atoms with Gasteiger partial charge < -0.3 is 9.84 Å². The Morgan fingerprint density at radius 2 is 1.64 bits per heavy atom. The molecule has 2 aromatic rings. The van der Waals surface area contributed by atoms with Gasteiger partial charge in [0.15, 0.2) is 0 Å². The Hall–Kier alpha value is -2.14. The number of rotatable bonds is 9. The van der Waals surface area contributed by atoms with Crippen LogP contribution in [0.5, 0.6) is 11.5 Å². The molecule has 0 bridgehead atoms. The first-order valence-corrected chi connectivity index (χ1v) is 8.91. The van der Waals surface area contributed by atoms with Crippen molar-refractivity contribution < 1.29 is 19.4 Å². The molecule has 0 aliphatic heterocycles. The molecule has 0 spiro atoms. The lowest BCUT2D eigenvalue weighted by Gasteiger charge is -2.08. The lowest BCUT2D eigenvalue weighted by atomic mass is 10.0. The summed E-state index contributed by atoms with van der Waals surface area (Å²) in [5, 5.41) is 9.54. The molecule has 2 rings (SSSR count). The molecule has 0 saturated carbocycles. The van der Waals surface area contributed by atoms with E-state index in [-0.39, 0.29) is 30.2 Å². The third-order valence-electron chi connectivity index (χ3n) is 3.94. The van der Waals surface area contributed by atoms with E-state index in [1.54, 1.807) is 19.2 Å². The van der Waals surface area contributed by atoms with Crippen LogP contribution >= 0.6 is 15.9 Å². The average Bonchev–Trinajstić information content (AvgIpc) is 2.59. The molecule has 0 radical (unpaired) electrons. The average molecular weight is 405 g/mol. The van der Waals surface area contributed by atoms with Crippen molar-refractivity contribution >= 4 is 27.5 Å². The summed E-state index contributed by atoms with van der Waals surface area (Å²) in [7, 11) is 1.54. The third-order valence-corrected chi connectivity index (χ3v) is 4.47. The number of halogens is 1. The van der Waals surface area contributed by atoms with Gasteiger partial charge >= 0.3 is 0 Å². The van der Waals surface area contributed by atoms with Crippen molar-refractivity contribution in [3.05, 3.63) is 58.1 Å². The van der Waals surface area contributed by atoms with Crippen LogP contribution in [0.4, 0.5) is 0 Å². The summed E-state index contributed by atoms with van der Waals surface area (Å²) < 4.78 is 6.22. The highest BCUT2D eigenvalue weighted by Crippen LogP contribution is 2.24. The first-order valence-electron chi connectivity index (χ1n) is 8.11. The van der Waals surface area contributed by atoms with Crippen LogP contribution in [0.15, 0.2) is 46.9 Å². The zero-order chi connectivity index (χ0) is 18.2. The standard InChI is InChI=1S/C20H21BrO4/c1-25-20-11-10-17(22)12-15(20)5-9-19(24)13-18(23)8-4-14-2-6-16(21)7-3-14/h2-3,6-7,10-12,22H,4-5,8-9,13H2,1H3. The fraction of sp³-hybridized carbons (Fsp3) is 0.300. The van der Waals surface area contributed by atoms with Crippen molar-refractivity contribution in [3.8, 4) is 11.5 Å². The number of carbonyl (C=O) groups is 2. The first-order chi connectivity index (χ1) is 12.0. The quantitative estimate of drug-likeness (QED) is 0.634. The van der Waals surface area contributed by atoms with Crippen molar-refractivity contribution in [3.63, 3.8) is 0 Å². The Morgan fingerprint density at radius 1 is 1.00 bits per heavy atom. The van der Waals surface area contributed by atoms with Crippen LogP contribution in [-0.2, 0) is 22.4 Å². The zero-order valence-corrected chi connectivity index (χ0v) is 15.7. The van der Waals surface area contributed by atoms with E-state index < -0.39 is 0 Å². The van der Waals surface area contributed by atoms with Gasteiger partial charge in [-0.1, -0.05) is 28.1 Å². The van der Waals surface area contributed by atoms with E-state index in [9.17, 15) is 14.7 Å². The van der Waals surface area contributed by atoms with Crippen LogP contribution in [0.2, 0.25) is 0 Å². The van der Waals surface area contributed by atoms with Crippen LogP contribution in [0.25, 0.3) is 0 Å². The van der Waals surface area contributed by atoms with E-state index in [1.165, 1.54) is 6.07 Å². The summed E-state index contributed by atoms with van der Waals surface area (Å²) in [4.78, 5) is 24.0. The van der Waals surface area contributed by atoms with Crippen LogP contribution < -0.4 is 4.74 Å². The number of ketones is 2. The summed E-state index contributed by atoms with van der Waals surface area (Å²) in [5.41, 5.74) is 1.84. The molecule has 25 heavy (non-hydrogen) atoms. The maximum Gasteiger partial charge on any atom is 0.140 e. The van der Waals surface area contributed by atoms with Gasteiger partial charge in [0.25, 0.3) is 0 Å². The van der Waals surface area contributed by atoms with Gasteiger partial charge in [-0.2, -0.15) is 0 Å². The number of phenols is 1. The number of carbonyl (C=O) groups excluding carboxylic acids is 2. The molecule has 132 valence electrons. The number of hydrogen-bond donors (Lipinski definition) is 1. The van der Waals surface area contributed by atoms with E-state index in [1.807, 2.05) is 24.3 Å². The highest BCUT2D eigenvalue weighted by molar-refractivity contribution is 9.10. The van der Waals surface area contributed by atoms with Crippen molar-refractivity contribution in [2.75, 3.05) is 7.11 Å². The number of ether oxygens (including phenoxy) is 1. The summed E-state index contributed by atoms with van der Waals surface area (Å²) in [5.74, 6) is 0.628. The van der Waals surface area contributed by atoms with Gasteiger partial charge in [0.2, 0.25) is 0 Å². The fourth-order valence-electron chi connectivity index (χ4n) is 2.57. The molecule has 0 aromatic heterocycles. The second-order valence-corrected chi connectivity index (χ2v) is 6.79.